The number of carbonyl (C=O) groups is 2. The van der Waals surface area contributed by atoms with Crippen LogP contribution in [-0.4, -0.2) is 22.5 Å². The second-order valence-electron chi connectivity index (χ2n) is 4.24. The molecule has 0 aliphatic carbocycles. The van der Waals surface area contributed by atoms with Crippen molar-refractivity contribution in [3.05, 3.63) is 0 Å². The molecule has 0 aromatic carbocycles. The summed E-state index contributed by atoms with van der Waals surface area (Å²) in [5.41, 5.74) is -1.75. The number of amides is 1. The lowest BCUT2D eigenvalue weighted by molar-refractivity contribution is -0.151. The van der Waals surface area contributed by atoms with E-state index in [9.17, 15) is 9.59 Å². The van der Waals surface area contributed by atoms with Crippen LogP contribution in [0.5, 0.6) is 0 Å². The normalized spacial score (nSPS) is 12.4. The fourth-order valence-electron chi connectivity index (χ4n) is 0.864. The summed E-state index contributed by atoms with van der Waals surface area (Å²) >= 11 is 0. The van der Waals surface area contributed by atoms with Crippen molar-refractivity contribution in [2.45, 2.75) is 40.2 Å². The minimum atomic E-state index is -0.987. The van der Waals surface area contributed by atoms with Gasteiger partial charge in [-0.05, 0) is 27.7 Å². The first-order valence-corrected chi connectivity index (χ1v) is 4.13. The van der Waals surface area contributed by atoms with Gasteiger partial charge in [-0.25, -0.2) is 0 Å². The lowest BCUT2D eigenvalue weighted by Crippen LogP contribution is -2.56. The second kappa shape index (κ2) is 3.36. The molecule has 0 unspecified atom stereocenters. The summed E-state index contributed by atoms with van der Waals surface area (Å²) in [6.07, 6.45) is 0. The molecule has 4 nitrogen and oxygen atoms in total. The monoisotopic (exact) mass is 187 g/mol. The Morgan fingerprint density at radius 2 is 1.54 bits per heavy atom. The van der Waals surface area contributed by atoms with Gasteiger partial charge in [0.15, 0.2) is 0 Å². The van der Waals surface area contributed by atoms with E-state index in [0.717, 1.165) is 0 Å². The Bertz CT molecular complexity index is 231. The van der Waals surface area contributed by atoms with Crippen molar-refractivity contribution in [3.63, 3.8) is 0 Å². The fourth-order valence-corrected chi connectivity index (χ4v) is 0.864. The molecule has 0 fully saturated rings. The third kappa shape index (κ3) is 2.44. The van der Waals surface area contributed by atoms with E-state index in [4.69, 9.17) is 5.11 Å². The molecule has 0 saturated heterocycles. The summed E-state index contributed by atoms with van der Waals surface area (Å²) in [6.45, 7) is 7.95. The molecule has 4 heteroatoms. The van der Waals surface area contributed by atoms with Crippen molar-refractivity contribution in [1.82, 2.24) is 5.32 Å². The van der Waals surface area contributed by atoms with Gasteiger partial charge in [0.05, 0.1) is 5.41 Å². The Labute approximate surface area is 78.3 Å². The zero-order valence-corrected chi connectivity index (χ0v) is 8.76. The van der Waals surface area contributed by atoms with Crippen LogP contribution in [0.25, 0.3) is 0 Å². The van der Waals surface area contributed by atoms with Crippen LogP contribution in [0.15, 0.2) is 0 Å². The predicted molar refractivity (Wildman–Crippen MR) is 49.3 cm³/mol. The molecule has 0 aliphatic heterocycles. The maximum absolute atomic E-state index is 10.9. The van der Waals surface area contributed by atoms with Gasteiger partial charge < -0.3 is 10.4 Å². The minimum absolute atomic E-state index is 0.223. The molecule has 0 atom stereocenters. The zero-order chi connectivity index (χ0) is 10.9. The second-order valence-corrected chi connectivity index (χ2v) is 4.24. The van der Waals surface area contributed by atoms with Gasteiger partial charge in [0.1, 0.15) is 0 Å². The van der Waals surface area contributed by atoms with E-state index in [-0.39, 0.29) is 5.91 Å². The van der Waals surface area contributed by atoms with Gasteiger partial charge in [0, 0.05) is 12.5 Å². The van der Waals surface area contributed by atoms with E-state index in [2.05, 4.69) is 5.32 Å². The van der Waals surface area contributed by atoms with E-state index in [1.54, 1.807) is 27.7 Å². The van der Waals surface area contributed by atoms with Gasteiger partial charge in [-0.1, -0.05) is 0 Å². The summed E-state index contributed by atoms with van der Waals surface area (Å²) in [7, 11) is 0. The number of aliphatic carboxylic acids is 1. The smallest absolute Gasteiger partial charge is 0.311 e. The Morgan fingerprint density at radius 1 is 1.15 bits per heavy atom. The Hall–Kier alpha value is -1.06. The third-order valence-electron chi connectivity index (χ3n) is 2.59. The van der Waals surface area contributed by atoms with Crippen LogP contribution in [0, 0.1) is 5.41 Å². The Morgan fingerprint density at radius 3 is 1.77 bits per heavy atom. The fraction of sp³-hybridized carbons (Fsp3) is 0.778. The highest BCUT2D eigenvalue weighted by molar-refractivity contribution is 5.79. The van der Waals surface area contributed by atoms with Gasteiger partial charge >= 0.3 is 5.97 Å². The van der Waals surface area contributed by atoms with Crippen LogP contribution in [-0.2, 0) is 9.59 Å². The quantitative estimate of drug-likeness (QED) is 0.693. The molecular weight excluding hydrogens is 170 g/mol. The summed E-state index contributed by atoms with van der Waals surface area (Å²) in [4.78, 5) is 21.7. The van der Waals surface area contributed by atoms with Gasteiger partial charge in [0.25, 0.3) is 0 Å². The first-order valence-electron chi connectivity index (χ1n) is 4.13. The molecule has 0 heterocycles. The number of carbonyl (C=O) groups excluding carboxylic acids is 1. The van der Waals surface area contributed by atoms with E-state index in [0.29, 0.717) is 0 Å². The maximum Gasteiger partial charge on any atom is 0.311 e. The molecule has 13 heavy (non-hydrogen) atoms. The van der Waals surface area contributed by atoms with Gasteiger partial charge in [-0.3, -0.25) is 9.59 Å². The summed E-state index contributed by atoms with van der Waals surface area (Å²) in [6, 6.07) is 0. The topological polar surface area (TPSA) is 66.4 Å². The van der Waals surface area contributed by atoms with Crippen LogP contribution in [0.4, 0.5) is 0 Å². The lowest BCUT2D eigenvalue weighted by Gasteiger charge is -2.38. The molecule has 0 saturated carbocycles. The largest absolute Gasteiger partial charge is 0.481 e. The number of hydrogen-bond acceptors (Lipinski definition) is 2. The predicted octanol–water partition coefficient (Wildman–Crippen LogP) is 1.01. The molecule has 0 rings (SSSR count). The van der Waals surface area contributed by atoms with Crippen molar-refractivity contribution in [3.8, 4) is 0 Å². The van der Waals surface area contributed by atoms with Crippen molar-refractivity contribution >= 4 is 11.9 Å². The number of carboxylic acid groups (broad SMARTS) is 1. The molecule has 2 N–H and O–H groups in total. The van der Waals surface area contributed by atoms with Crippen LogP contribution >= 0.6 is 0 Å². The van der Waals surface area contributed by atoms with Crippen LogP contribution in [0.1, 0.15) is 34.6 Å². The van der Waals surface area contributed by atoms with Crippen molar-refractivity contribution < 1.29 is 14.7 Å². The van der Waals surface area contributed by atoms with E-state index < -0.39 is 16.9 Å². The highest BCUT2D eigenvalue weighted by Gasteiger charge is 2.43. The molecular formula is C9H17NO3. The molecule has 0 bridgehead atoms. The van der Waals surface area contributed by atoms with Crippen LogP contribution in [0.3, 0.4) is 0 Å². The number of carboxylic acids is 1. The van der Waals surface area contributed by atoms with Crippen molar-refractivity contribution in [2.75, 3.05) is 0 Å². The Kier molecular flexibility index (Phi) is 3.08. The number of hydrogen-bond donors (Lipinski definition) is 2. The minimum Gasteiger partial charge on any atom is -0.481 e. The number of rotatable bonds is 3. The summed E-state index contributed by atoms with van der Waals surface area (Å²) in [5.74, 6) is -1.15. The molecule has 0 radical (unpaired) electrons. The van der Waals surface area contributed by atoms with Crippen molar-refractivity contribution in [1.29, 1.82) is 0 Å². The molecule has 0 aliphatic rings. The van der Waals surface area contributed by atoms with Gasteiger partial charge in [0.2, 0.25) is 5.91 Å². The van der Waals surface area contributed by atoms with Crippen molar-refractivity contribution in [2.24, 2.45) is 5.41 Å². The van der Waals surface area contributed by atoms with E-state index >= 15 is 0 Å². The van der Waals surface area contributed by atoms with E-state index in [1.165, 1.54) is 6.92 Å². The Balaban J connectivity index is 4.80. The van der Waals surface area contributed by atoms with Gasteiger partial charge in [-0.15, -0.1) is 0 Å². The molecule has 76 valence electrons. The average Bonchev–Trinajstić information content (AvgIpc) is 1.83. The van der Waals surface area contributed by atoms with Gasteiger partial charge in [-0.2, -0.15) is 0 Å². The van der Waals surface area contributed by atoms with Crippen LogP contribution in [0.2, 0.25) is 0 Å². The average molecular weight is 187 g/mol. The number of nitrogens with one attached hydrogen (secondary N) is 1. The molecule has 1 amide bonds. The first-order chi connectivity index (χ1) is 5.61. The lowest BCUT2D eigenvalue weighted by atomic mass is 9.74. The maximum atomic E-state index is 10.9. The molecule has 0 aromatic rings. The summed E-state index contributed by atoms with van der Waals surface area (Å²) < 4.78 is 0. The summed E-state index contributed by atoms with van der Waals surface area (Å²) in [5, 5.41) is 11.6. The standard InChI is InChI=1S/C9H17NO3/c1-6(11)10-9(4,5)8(2,3)7(12)13/h1-5H3,(H,10,11)(H,12,13). The van der Waals surface area contributed by atoms with Crippen LogP contribution < -0.4 is 5.32 Å². The zero-order valence-electron chi connectivity index (χ0n) is 8.76. The van der Waals surface area contributed by atoms with E-state index in [1.807, 2.05) is 0 Å². The highest BCUT2D eigenvalue weighted by Crippen LogP contribution is 2.30. The SMILES string of the molecule is CC(=O)NC(C)(C)C(C)(C)C(=O)O. The highest BCUT2D eigenvalue weighted by atomic mass is 16.4. The molecule has 0 aromatic heterocycles. The molecule has 0 spiro atoms. The third-order valence-corrected chi connectivity index (χ3v) is 2.59. The first kappa shape index (κ1) is 11.9.